The first-order chi connectivity index (χ1) is 9.63. The Morgan fingerprint density at radius 1 is 1.40 bits per heavy atom. The van der Waals surface area contributed by atoms with Crippen molar-refractivity contribution in [2.75, 3.05) is 18.5 Å². The summed E-state index contributed by atoms with van der Waals surface area (Å²) in [5.74, 6) is -1.69. The van der Waals surface area contributed by atoms with Crippen molar-refractivity contribution < 1.29 is 19.4 Å². The summed E-state index contributed by atoms with van der Waals surface area (Å²) in [5, 5.41) is 21.1. The number of aliphatic hydroxyl groups excluding tert-OH is 1. The predicted octanol–water partition coefficient (Wildman–Crippen LogP) is 2.13. The summed E-state index contributed by atoms with van der Waals surface area (Å²) < 4.78 is 13.9. The fraction of sp³-hybridized carbons (Fsp3) is 0.571. The second kappa shape index (κ2) is 6.65. The van der Waals surface area contributed by atoms with Gasteiger partial charge in [0.1, 0.15) is 5.56 Å². The first-order valence-corrected chi connectivity index (χ1v) is 6.86. The van der Waals surface area contributed by atoms with E-state index in [0.29, 0.717) is 6.54 Å². The lowest BCUT2D eigenvalue weighted by atomic mass is 9.79. The van der Waals surface area contributed by atoms with Crippen molar-refractivity contribution in [2.45, 2.75) is 25.7 Å². The second-order valence-electron chi connectivity index (χ2n) is 5.19. The highest BCUT2D eigenvalue weighted by molar-refractivity contribution is 5.88. The van der Waals surface area contributed by atoms with Crippen LogP contribution in [0.15, 0.2) is 12.3 Å². The molecule has 0 amide bonds. The molecule has 1 aromatic heterocycles. The number of carboxylic acid groups (broad SMARTS) is 1. The van der Waals surface area contributed by atoms with Crippen molar-refractivity contribution in [1.82, 2.24) is 4.98 Å². The van der Waals surface area contributed by atoms with Crippen molar-refractivity contribution in [2.24, 2.45) is 11.8 Å². The molecule has 0 spiro atoms. The largest absolute Gasteiger partial charge is 0.478 e. The number of nitrogens with one attached hydrogen (secondary N) is 1. The van der Waals surface area contributed by atoms with E-state index in [2.05, 4.69) is 10.3 Å². The number of aromatic nitrogens is 1. The van der Waals surface area contributed by atoms with Gasteiger partial charge in [-0.2, -0.15) is 0 Å². The number of carbonyl (C=O) groups is 1. The van der Waals surface area contributed by atoms with Crippen molar-refractivity contribution in [3.63, 3.8) is 0 Å². The number of pyridine rings is 1. The molecule has 0 saturated heterocycles. The predicted molar refractivity (Wildman–Crippen MR) is 72.2 cm³/mol. The standard InChI is InChI=1S/C14H19FN2O3/c15-12-11(14(19)20)5-6-16-13(12)17-7-9-3-1-2-4-10(9)8-18/h5-6,9-10,18H,1-4,7-8H2,(H,16,17)(H,19,20). The lowest BCUT2D eigenvalue weighted by Gasteiger charge is -2.30. The summed E-state index contributed by atoms with van der Waals surface area (Å²) >= 11 is 0. The maximum atomic E-state index is 13.9. The quantitative estimate of drug-likeness (QED) is 0.770. The molecule has 1 heterocycles. The molecule has 1 saturated carbocycles. The molecule has 20 heavy (non-hydrogen) atoms. The first kappa shape index (κ1) is 14.7. The van der Waals surface area contributed by atoms with Gasteiger partial charge in [0.25, 0.3) is 0 Å². The normalized spacial score (nSPS) is 22.5. The number of rotatable bonds is 5. The highest BCUT2D eigenvalue weighted by Gasteiger charge is 2.25. The van der Waals surface area contributed by atoms with Crippen molar-refractivity contribution >= 4 is 11.8 Å². The minimum Gasteiger partial charge on any atom is -0.478 e. The van der Waals surface area contributed by atoms with E-state index in [1.165, 1.54) is 6.20 Å². The zero-order chi connectivity index (χ0) is 14.5. The molecule has 2 rings (SSSR count). The molecule has 6 heteroatoms. The van der Waals surface area contributed by atoms with E-state index >= 15 is 0 Å². The number of halogens is 1. The molecular weight excluding hydrogens is 263 g/mol. The Hall–Kier alpha value is -1.69. The lowest BCUT2D eigenvalue weighted by molar-refractivity contribution is 0.0692. The minimum absolute atomic E-state index is 0.0350. The van der Waals surface area contributed by atoms with Gasteiger partial charge in [-0.1, -0.05) is 12.8 Å². The molecule has 2 unspecified atom stereocenters. The van der Waals surface area contributed by atoms with Crippen LogP contribution in [0.1, 0.15) is 36.0 Å². The monoisotopic (exact) mass is 282 g/mol. The minimum atomic E-state index is -1.31. The van der Waals surface area contributed by atoms with Crippen LogP contribution in [0.4, 0.5) is 10.2 Å². The van der Waals surface area contributed by atoms with Gasteiger partial charge in [0.2, 0.25) is 0 Å². The van der Waals surface area contributed by atoms with Crippen molar-refractivity contribution in [3.8, 4) is 0 Å². The Bertz CT molecular complexity index is 481. The first-order valence-electron chi connectivity index (χ1n) is 6.86. The highest BCUT2D eigenvalue weighted by Crippen LogP contribution is 2.30. The van der Waals surface area contributed by atoms with E-state index < -0.39 is 11.8 Å². The number of hydrogen-bond donors (Lipinski definition) is 3. The van der Waals surface area contributed by atoms with Crippen LogP contribution in [-0.2, 0) is 0 Å². The SMILES string of the molecule is O=C(O)c1ccnc(NCC2CCCCC2CO)c1F. The summed E-state index contributed by atoms with van der Waals surface area (Å²) in [5.41, 5.74) is -0.384. The molecular formula is C14H19FN2O3. The van der Waals surface area contributed by atoms with E-state index in [-0.39, 0.29) is 29.8 Å². The van der Waals surface area contributed by atoms with E-state index in [1.807, 2.05) is 0 Å². The Balaban J connectivity index is 2.03. The number of carboxylic acids is 1. The Kier molecular flexibility index (Phi) is 4.89. The molecule has 1 aliphatic carbocycles. The zero-order valence-electron chi connectivity index (χ0n) is 11.2. The molecule has 5 nitrogen and oxygen atoms in total. The second-order valence-corrected chi connectivity index (χ2v) is 5.19. The Morgan fingerprint density at radius 2 is 2.10 bits per heavy atom. The summed E-state index contributed by atoms with van der Waals surface area (Å²) in [6.45, 7) is 0.635. The third-order valence-electron chi connectivity index (χ3n) is 3.95. The van der Waals surface area contributed by atoms with Gasteiger partial charge < -0.3 is 15.5 Å². The van der Waals surface area contributed by atoms with Crippen LogP contribution in [0.3, 0.4) is 0 Å². The number of hydrogen-bond acceptors (Lipinski definition) is 4. The molecule has 0 aromatic carbocycles. The van der Waals surface area contributed by atoms with Crippen LogP contribution in [-0.4, -0.2) is 34.3 Å². The van der Waals surface area contributed by atoms with Gasteiger partial charge in [-0.15, -0.1) is 0 Å². The molecule has 0 bridgehead atoms. The average molecular weight is 282 g/mol. The highest BCUT2D eigenvalue weighted by atomic mass is 19.1. The number of nitrogens with zero attached hydrogens (tertiary/aromatic N) is 1. The summed E-state index contributed by atoms with van der Waals surface area (Å²) in [7, 11) is 0. The molecule has 1 aromatic rings. The molecule has 110 valence electrons. The Morgan fingerprint density at radius 3 is 2.75 bits per heavy atom. The molecule has 0 aliphatic heterocycles. The van der Waals surface area contributed by atoms with Crippen LogP contribution in [0.5, 0.6) is 0 Å². The summed E-state index contributed by atoms with van der Waals surface area (Å²) in [4.78, 5) is 14.7. The fourth-order valence-corrected chi connectivity index (χ4v) is 2.75. The maximum Gasteiger partial charge on any atom is 0.338 e. The topological polar surface area (TPSA) is 82.5 Å². The summed E-state index contributed by atoms with van der Waals surface area (Å²) in [6.07, 6.45) is 5.46. The van der Waals surface area contributed by atoms with Crippen LogP contribution >= 0.6 is 0 Å². The van der Waals surface area contributed by atoms with E-state index in [9.17, 15) is 14.3 Å². The Labute approximate surface area is 116 Å². The molecule has 0 radical (unpaired) electrons. The van der Waals surface area contributed by atoms with Crippen LogP contribution in [0.25, 0.3) is 0 Å². The molecule has 2 atom stereocenters. The number of aromatic carboxylic acids is 1. The van der Waals surface area contributed by atoms with Gasteiger partial charge >= 0.3 is 5.97 Å². The van der Waals surface area contributed by atoms with Crippen LogP contribution in [0.2, 0.25) is 0 Å². The molecule has 1 aliphatic rings. The molecule has 3 N–H and O–H groups in total. The maximum absolute atomic E-state index is 13.9. The average Bonchev–Trinajstić information content (AvgIpc) is 2.46. The van der Waals surface area contributed by atoms with Crippen molar-refractivity contribution in [1.29, 1.82) is 0 Å². The van der Waals surface area contributed by atoms with E-state index in [4.69, 9.17) is 5.11 Å². The van der Waals surface area contributed by atoms with Crippen molar-refractivity contribution in [3.05, 3.63) is 23.6 Å². The number of anilines is 1. The van der Waals surface area contributed by atoms with Gasteiger partial charge in [-0.25, -0.2) is 14.2 Å². The summed E-state index contributed by atoms with van der Waals surface area (Å²) in [6, 6.07) is 1.14. The fourth-order valence-electron chi connectivity index (χ4n) is 2.75. The van der Waals surface area contributed by atoms with E-state index in [0.717, 1.165) is 31.7 Å². The van der Waals surface area contributed by atoms with Crippen LogP contribution in [0, 0.1) is 17.7 Å². The van der Waals surface area contributed by atoms with Gasteiger partial charge in [0, 0.05) is 19.3 Å². The third kappa shape index (κ3) is 3.25. The van der Waals surface area contributed by atoms with Gasteiger partial charge in [0.05, 0.1) is 0 Å². The smallest absolute Gasteiger partial charge is 0.338 e. The van der Waals surface area contributed by atoms with Gasteiger partial charge in [0.15, 0.2) is 11.6 Å². The van der Waals surface area contributed by atoms with E-state index in [1.54, 1.807) is 0 Å². The van der Waals surface area contributed by atoms with Gasteiger partial charge in [-0.3, -0.25) is 0 Å². The lowest BCUT2D eigenvalue weighted by Crippen LogP contribution is -2.29. The van der Waals surface area contributed by atoms with Crippen LogP contribution < -0.4 is 5.32 Å². The zero-order valence-corrected chi connectivity index (χ0v) is 11.2. The molecule has 1 fully saturated rings. The van der Waals surface area contributed by atoms with Gasteiger partial charge in [-0.05, 0) is 30.7 Å². The third-order valence-corrected chi connectivity index (χ3v) is 3.95. The number of aliphatic hydroxyl groups is 1.